The van der Waals surface area contributed by atoms with E-state index in [0.717, 1.165) is 19.8 Å². The fourth-order valence-electron chi connectivity index (χ4n) is 2.20. The Bertz CT molecular complexity index is 390. The summed E-state index contributed by atoms with van der Waals surface area (Å²) < 4.78 is 11.4. The van der Waals surface area contributed by atoms with E-state index in [-0.39, 0.29) is 5.54 Å². The molecule has 0 saturated carbocycles. The third-order valence-electron chi connectivity index (χ3n) is 3.66. The van der Waals surface area contributed by atoms with Crippen LogP contribution in [0, 0.1) is 5.92 Å². The summed E-state index contributed by atoms with van der Waals surface area (Å²) in [5, 5.41) is 3.61. The molecule has 19 heavy (non-hydrogen) atoms. The Labute approximate surface area is 116 Å². The van der Waals surface area contributed by atoms with Crippen molar-refractivity contribution < 1.29 is 9.47 Å². The zero-order valence-electron chi connectivity index (χ0n) is 12.4. The predicted molar refractivity (Wildman–Crippen MR) is 76.9 cm³/mol. The molecule has 0 aliphatic carbocycles. The van der Waals surface area contributed by atoms with Crippen molar-refractivity contribution in [2.24, 2.45) is 5.92 Å². The van der Waals surface area contributed by atoms with Crippen LogP contribution >= 0.6 is 0 Å². The molecule has 0 radical (unpaired) electrons. The summed E-state index contributed by atoms with van der Waals surface area (Å²) in [6, 6.07) is 10.5. The summed E-state index contributed by atoms with van der Waals surface area (Å²) in [5.74, 6) is -0.0122. The lowest BCUT2D eigenvalue weighted by Crippen LogP contribution is -2.46. The topological polar surface area (TPSA) is 30.5 Å². The molecule has 2 rings (SSSR count). The molecule has 0 amide bonds. The highest BCUT2D eigenvalue weighted by Crippen LogP contribution is 2.23. The average molecular weight is 263 g/mol. The fraction of sp³-hybridized carbons (Fsp3) is 0.625. The van der Waals surface area contributed by atoms with Crippen molar-refractivity contribution >= 4 is 0 Å². The molecule has 1 aromatic carbocycles. The normalized spacial score (nSPS) is 20.4. The maximum Gasteiger partial charge on any atom is 0.162 e. The molecule has 0 aromatic heterocycles. The number of benzene rings is 1. The first-order valence-corrected chi connectivity index (χ1v) is 6.97. The molecule has 1 aliphatic heterocycles. The van der Waals surface area contributed by atoms with Gasteiger partial charge < -0.3 is 14.8 Å². The van der Waals surface area contributed by atoms with Crippen molar-refractivity contribution in [3.63, 3.8) is 0 Å². The zero-order valence-corrected chi connectivity index (χ0v) is 12.4. The van der Waals surface area contributed by atoms with Gasteiger partial charge in [-0.25, -0.2) is 0 Å². The van der Waals surface area contributed by atoms with Gasteiger partial charge in [-0.15, -0.1) is 0 Å². The zero-order chi connectivity index (χ0) is 13.9. The van der Waals surface area contributed by atoms with Crippen LogP contribution in [0.15, 0.2) is 30.3 Å². The molecule has 1 heterocycles. The summed E-state index contributed by atoms with van der Waals surface area (Å²) in [7, 11) is 0. The van der Waals surface area contributed by atoms with E-state index in [1.54, 1.807) is 0 Å². The summed E-state index contributed by atoms with van der Waals surface area (Å²) >= 11 is 0. The van der Waals surface area contributed by atoms with E-state index in [1.807, 2.05) is 19.9 Å². The SMILES string of the molecule is CC1(C)OCC(CNC(C)(C)c2ccccc2)CO1. The Balaban J connectivity index is 1.85. The Hall–Kier alpha value is -0.900. The second-order valence-electron chi connectivity index (χ2n) is 6.26. The lowest BCUT2D eigenvalue weighted by atomic mass is 9.93. The summed E-state index contributed by atoms with van der Waals surface area (Å²) in [4.78, 5) is 0. The van der Waals surface area contributed by atoms with Crippen molar-refractivity contribution in [3.8, 4) is 0 Å². The molecule has 1 aromatic rings. The van der Waals surface area contributed by atoms with Gasteiger partial charge in [0.25, 0.3) is 0 Å². The van der Waals surface area contributed by atoms with Crippen molar-refractivity contribution in [1.29, 1.82) is 0 Å². The van der Waals surface area contributed by atoms with Gasteiger partial charge in [0.1, 0.15) is 0 Å². The summed E-state index contributed by atoms with van der Waals surface area (Å²) in [6.45, 7) is 10.7. The molecule has 0 spiro atoms. The van der Waals surface area contributed by atoms with Gasteiger partial charge in [0.2, 0.25) is 0 Å². The molecule has 1 saturated heterocycles. The van der Waals surface area contributed by atoms with E-state index < -0.39 is 5.79 Å². The predicted octanol–water partition coefficient (Wildman–Crippen LogP) is 2.91. The molecular formula is C16H25NO2. The van der Waals surface area contributed by atoms with Gasteiger partial charge in [-0.05, 0) is 33.3 Å². The van der Waals surface area contributed by atoms with E-state index >= 15 is 0 Å². The van der Waals surface area contributed by atoms with Crippen molar-refractivity contribution in [2.75, 3.05) is 19.8 Å². The number of nitrogens with one attached hydrogen (secondary N) is 1. The molecular weight excluding hydrogens is 238 g/mol. The van der Waals surface area contributed by atoms with Crippen molar-refractivity contribution in [3.05, 3.63) is 35.9 Å². The van der Waals surface area contributed by atoms with Crippen LogP contribution in [-0.4, -0.2) is 25.5 Å². The molecule has 0 unspecified atom stereocenters. The lowest BCUT2D eigenvalue weighted by Gasteiger charge is -2.37. The molecule has 0 atom stereocenters. The first-order valence-electron chi connectivity index (χ1n) is 6.97. The molecule has 0 bridgehead atoms. The average Bonchev–Trinajstić information content (AvgIpc) is 2.39. The van der Waals surface area contributed by atoms with E-state index in [9.17, 15) is 0 Å². The third-order valence-corrected chi connectivity index (χ3v) is 3.66. The summed E-state index contributed by atoms with van der Waals surface area (Å²) in [6.07, 6.45) is 0. The maximum absolute atomic E-state index is 5.69. The van der Waals surface area contributed by atoms with Gasteiger partial charge in [0.05, 0.1) is 13.2 Å². The standard InChI is InChI=1S/C16H25NO2/c1-15(2,14-8-6-5-7-9-14)17-10-13-11-18-16(3,4)19-12-13/h5-9,13,17H,10-12H2,1-4H3. The van der Waals surface area contributed by atoms with Gasteiger partial charge in [-0.3, -0.25) is 0 Å². The number of hydrogen-bond acceptors (Lipinski definition) is 3. The van der Waals surface area contributed by atoms with Gasteiger partial charge >= 0.3 is 0 Å². The quantitative estimate of drug-likeness (QED) is 0.906. The van der Waals surface area contributed by atoms with Crippen LogP contribution in [0.1, 0.15) is 33.3 Å². The van der Waals surface area contributed by atoms with Crippen LogP contribution in [0.2, 0.25) is 0 Å². The Morgan fingerprint density at radius 1 is 1.16 bits per heavy atom. The highest BCUT2D eigenvalue weighted by Gasteiger charge is 2.29. The number of ether oxygens (including phenoxy) is 2. The Morgan fingerprint density at radius 2 is 1.74 bits per heavy atom. The van der Waals surface area contributed by atoms with Gasteiger partial charge in [-0.2, -0.15) is 0 Å². The van der Waals surface area contributed by atoms with Gasteiger partial charge in [0, 0.05) is 18.0 Å². The highest BCUT2D eigenvalue weighted by atomic mass is 16.7. The third kappa shape index (κ3) is 4.03. The molecule has 1 N–H and O–H groups in total. The van der Waals surface area contributed by atoms with Crippen LogP contribution < -0.4 is 5.32 Å². The van der Waals surface area contributed by atoms with E-state index in [4.69, 9.17) is 9.47 Å². The first kappa shape index (κ1) is 14.5. The second kappa shape index (κ2) is 5.61. The molecule has 3 nitrogen and oxygen atoms in total. The molecule has 3 heteroatoms. The van der Waals surface area contributed by atoms with Crippen LogP contribution in [0.5, 0.6) is 0 Å². The number of rotatable bonds is 4. The largest absolute Gasteiger partial charge is 0.350 e. The van der Waals surface area contributed by atoms with Crippen molar-refractivity contribution in [1.82, 2.24) is 5.32 Å². The number of hydrogen-bond donors (Lipinski definition) is 1. The smallest absolute Gasteiger partial charge is 0.162 e. The van der Waals surface area contributed by atoms with Crippen molar-refractivity contribution in [2.45, 2.75) is 39.0 Å². The lowest BCUT2D eigenvalue weighted by molar-refractivity contribution is -0.261. The van der Waals surface area contributed by atoms with Crippen LogP contribution in [-0.2, 0) is 15.0 Å². The van der Waals surface area contributed by atoms with E-state index in [2.05, 4.69) is 43.4 Å². The van der Waals surface area contributed by atoms with Crippen LogP contribution in [0.3, 0.4) is 0 Å². The second-order valence-corrected chi connectivity index (χ2v) is 6.26. The fourth-order valence-corrected chi connectivity index (χ4v) is 2.20. The summed E-state index contributed by atoms with van der Waals surface area (Å²) in [5.41, 5.74) is 1.27. The monoisotopic (exact) mass is 263 g/mol. The van der Waals surface area contributed by atoms with E-state index in [1.165, 1.54) is 5.56 Å². The van der Waals surface area contributed by atoms with Crippen LogP contribution in [0.25, 0.3) is 0 Å². The minimum absolute atomic E-state index is 0.0335. The highest BCUT2D eigenvalue weighted by molar-refractivity contribution is 5.22. The van der Waals surface area contributed by atoms with Gasteiger partial charge in [0.15, 0.2) is 5.79 Å². The molecule has 1 fully saturated rings. The molecule has 106 valence electrons. The van der Waals surface area contributed by atoms with E-state index in [0.29, 0.717) is 5.92 Å². The maximum atomic E-state index is 5.69. The minimum atomic E-state index is -0.425. The Kier molecular flexibility index (Phi) is 4.29. The van der Waals surface area contributed by atoms with Crippen LogP contribution in [0.4, 0.5) is 0 Å². The molecule has 1 aliphatic rings. The Morgan fingerprint density at radius 3 is 2.32 bits per heavy atom. The van der Waals surface area contributed by atoms with Gasteiger partial charge in [-0.1, -0.05) is 30.3 Å². The minimum Gasteiger partial charge on any atom is -0.350 e. The first-order chi connectivity index (χ1) is 8.89.